The number of nitrogens with one attached hydrogen (secondary N) is 1. The van der Waals surface area contributed by atoms with Crippen LogP contribution in [-0.2, 0) is 11.2 Å². The monoisotopic (exact) mass is 334 g/mol. The van der Waals surface area contributed by atoms with E-state index in [4.69, 9.17) is 9.26 Å². The average molecular weight is 334 g/mol. The van der Waals surface area contributed by atoms with Crippen LogP contribution in [0.4, 0.5) is 0 Å². The molecule has 0 spiro atoms. The first-order valence-corrected chi connectivity index (χ1v) is 8.54. The number of hydrogen-bond acceptors (Lipinski definition) is 5. The minimum Gasteiger partial charge on any atom is -0.497 e. The lowest BCUT2D eigenvalue weighted by molar-refractivity contribution is -0.118. The molecule has 0 atom stereocenters. The van der Waals surface area contributed by atoms with Gasteiger partial charge in [0.25, 0.3) is 0 Å². The quantitative estimate of drug-likeness (QED) is 0.593. The van der Waals surface area contributed by atoms with Crippen LogP contribution in [0.25, 0.3) is 0 Å². The van der Waals surface area contributed by atoms with E-state index < -0.39 is 0 Å². The topological polar surface area (TPSA) is 64.4 Å². The number of ether oxygens (including phenoxy) is 1. The number of nitrogens with zero attached hydrogens (tertiary/aromatic N) is 1. The summed E-state index contributed by atoms with van der Waals surface area (Å²) in [4.78, 5) is 12.9. The van der Waals surface area contributed by atoms with E-state index in [0.717, 1.165) is 40.5 Å². The van der Waals surface area contributed by atoms with E-state index in [1.807, 2.05) is 38.1 Å². The number of benzene rings is 1. The molecule has 0 aliphatic carbocycles. The molecule has 0 bridgehead atoms. The van der Waals surface area contributed by atoms with Crippen LogP contribution in [0.15, 0.2) is 33.7 Å². The Hall–Kier alpha value is -1.95. The lowest BCUT2D eigenvalue weighted by Crippen LogP contribution is -2.26. The molecule has 6 heteroatoms. The SMILES string of the molecule is COc1cccc(SCC(=O)NCCCc2c(C)noc2C)c1. The Labute approximate surface area is 140 Å². The Morgan fingerprint density at radius 3 is 2.91 bits per heavy atom. The summed E-state index contributed by atoms with van der Waals surface area (Å²) in [5.41, 5.74) is 2.08. The third-order valence-electron chi connectivity index (χ3n) is 3.52. The summed E-state index contributed by atoms with van der Waals surface area (Å²) in [5.74, 6) is 2.10. The van der Waals surface area contributed by atoms with Crippen molar-refractivity contribution in [3.8, 4) is 5.75 Å². The fourth-order valence-electron chi connectivity index (χ4n) is 2.24. The Morgan fingerprint density at radius 1 is 1.39 bits per heavy atom. The molecule has 23 heavy (non-hydrogen) atoms. The van der Waals surface area contributed by atoms with Crippen molar-refractivity contribution in [3.05, 3.63) is 41.3 Å². The maximum absolute atomic E-state index is 11.9. The summed E-state index contributed by atoms with van der Waals surface area (Å²) in [6.45, 7) is 4.51. The molecule has 0 aliphatic heterocycles. The average Bonchev–Trinajstić information content (AvgIpc) is 2.88. The third-order valence-corrected chi connectivity index (χ3v) is 4.51. The van der Waals surface area contributed by atoms with Gasteiger partial charge in [0.05, 0.1) is 18.6 Å². The van der Waals surface area contributed by atoms with Crippen LogP contribution >= 0.6 is 11.8 Å². The van der Waals surface area contributed by atoms with Gasteiger partial charge in [0.2, 0.25) is 5.91 Å². The van der Waals surface area contributed by atoms with E-state index in [-0.39, 0.29) is 5.91 Å². The van der Waals surface area contributed by atoms with E-state index in [1.165, 1.54) is 11.8 Å². The van der Waals surface area contributed by atoms with Crippen molar-refractivity contribution in [2.75, 3.05) is 19.4 Å². The maximum Gasteiger partial charge on any atom is 0.230 e. The first-order chi connectivity index (χ1) is 11.1. The molecule has 0 unspecified atom stereocenters. The lowest BCUT2D eigenvalue weighted by atomic mass is 10.1. The zero-order valence-corrected chi connectivity index (χ0v) is 14.5. The second-order valence-electron chi connectivity index (χ2n) is 5.22. The van der Waals surface area contributed by atoms with Crippen molar-refractivity contribution < 1.29 is 14.1 Å². The fraction of sp³-hybridized carbons (Fsp3) is 0.412. The standard InChI is InChI=1S/C17H22N2O3S/c1-12-16(13(2)22-19-12)8-5-9-18-17(20)11-23-15-7-4-6-14(10-15)21-3/h4,6-7,10H,5,8-9,11H2,1-3H3,(H,18,20). The van der Waals surface area contributed by atoms with E-state index in [1.54, 1.807) is 7.11 Å². The number of carbonyl (C=O) groups is 1. The predicted octanol–water partition coefficient (Wildman–Crippen LogP) is 3.14. The number of hydrogen-bond donors (Lipinski definition) is 1. The minimum atomic E-state index is 0.0385. The van der Waals surface area contributed by atoms with Crippen molar-refractivity contribution in [2.24, 2.45) is 0 Å². The van der Waals surface area contributed by atoms with Gasteiger partial charge in [-0.2, -0.15) is 0 Å². The van der Waals surface area contributed by atoms with Crippen LogP contribution in [0.5, 0.6) is 5.75 Å². The van der Waals surface area contributed by atoms with E-state index >= 15 is 0 Å². The molecule has 1 aromatic carbocycles. The van der Waals surface area contributed by atoms with Crippen molar-refractivity contribution in [1.82, 2.24) is 10.5 Å². The summed E-state index contributed by atoms with van der Waals surface area (Å²) in [5, 5.41) is 6.87. The Balaban J connectivity index is 1.67. The van der Waals surface area contributed by atoms with Crippen molar-refractivity contribution in [3.63, 3.8) is 0 Å². The highest BCUT2D eigenvalue weighted by atomic mass is 32.2. The van der Waals surface area contributed by atoms with Crippen LogP contribution in [0.2, 0.25) is 0 Å². The van der Waals surface area contributed by atoms with Gasteiger partial charge in [-0.3, -0.25) is 4.79 Å². The number of carbonyl (C=O) groups excluding carboxylic acids is 1. The first kappa shape index (κ1) is 17.4. The van der Waals surface area contributed by atoms with Crippen LogP contribution in [0, 0.1) is 13.8 Å². The molecule has 2 aromatic rings. The highest BCUT2D eigenvalue weighted by Crippen LogP contribution is 2.22. The molecule has 0 fully saturated rings. The number of methoxy groups -OCH3 is 1. The molecule has 5 nitrogen and oxygen atoms in total. The van der Waals surface area contributed by atoms with Gasteiger partial charge < -0.3 is 14.6 Å². The molecule has 1 N–H and O–H groups in total. The van der Waals surface area contributed by atoms with E-state index in [2.05, 4.69) is 10.5 Å². The number of aryl methyl sites for hydroxylation is 2. The van der Waals surface area contributed by atoms with Crippen LogP contribution < -0.4 is 10.1 Å². The van der Waals surface area contributed by atoms with Gasteiger partial charge in [-0.15, -0.1) is 11.8 Å². The Kier molecular flexibility index (Phi) is 6.52. The number of aromatic nitrogens is 1. The molecule has 0 saturated carbocycles. The maximum atomic E-state index is 11.9. The largest absolute Gasteiger partial charge is 0.497 e. The van der Waals surface area contributed by atoms with Crippen LogP contribution in [-0.4, -0.2) is 30.5 Å². The van der Waals surface area contributed by atoms with E-state index in [0.29, 0.717) is 12.3 Å². The highest BCUT2D eigenvalue weighted by Gasteiger charge is 2.08. The van der Waals surface area contributed by atoms with Crippen molar-refractivity contribution in [2.45, 2.75) is 31.6 Å². The number of amides is 1. The zero-order chi connectivity index (χ0) is 16.7. The normalized spacial score (nSPS) is 10.6. The van der Waals surface area contributed by atoms with Gasteiger partial charge in [-0.05, 0) is 44.9 Å². The van der Waals surface area contributed by atoms with Gasteiger partial charge in [-0.1, -0.05) is 11.2 Å². The fourth-order valence-corrected chi connectivity index (χ4v) is 3.02. The molecule has 0 saturated heterocycles. The third kappa shape index (κ3) is 5.32. The molecule has 2 rings (SSSR count). The number of thioether (sulfide) groups is 1. The van der Waals surface area contributed by atoms with E-state index in [9.17, 15) is 4.79 Å². The summed E-state index contributed by atoms with van der Waals surface area (Å²) in [7, 11) is 1.63. The smallest absolute Gasteiger partial charge is 0.230 e. The predicted molar refractivity (Wildman–Crippen MR) is 91.0 cm³/mol. The molecular formula is C17H22N2O3S. The molecule has 0 aliphatic rings. The molecule has 1 amide bonds. The van der Waals surface area contributed by atoms with Gasteiger partial charge in [-0.25, -0.2) is 0 Å². The van der Waals surface area contributed by atoms with Crippen molar-refractivity contribution in [1.29, 1.82) is 0 Å². The van der Waals surface area contributed by atoms with Crippen molar-refractivity contribution >= 4 is 17.7 Å². The second-order valence-corrected chi connectivity index (χ2v) is 6.27. The van der Waals surface area contributed by atoms with Gasteiger partial charge in [0.1, 0.15) is 11.5 Å². The van der Waals surface area contributed by atoms with Crippen LogP contribution in [0.3, 0.4) is 0 Å². The molecule has 1 aromatic heterocycles. The Bertz CT molecular complexity index is 636. The first-order valence-electron chi connectivity index (χ1n) is 7.55. The molecular weight excluding hydrogens is 312 g/mol. The summed E-state index contributed by atoms with van der Waals surface area (Å²) >= 11 is 1.50. The summed E-state index contributed by atoms with van der Waals surface area (Å²) < 4.78 is 10.3. The molecule has 0 radical (unpaired) electrons. The molecule has 124 valence electrons. The summed E-state index contributed by atoms with van der Waals surface area (Å²) in [6, 6.07) is 7.70. The van der Waals surface area contributed by atoms with Gasteiger partial charge in [0, 0.05) is 17.0 Å². The Morgan fingerprint density at radius 2 is 2.22 bits per heavy atom. The summed E-state index contributed by atoms with van der Waals surface area (Å²) in [6.07, 6.45) is 1.74. The van der Waals surface area contributed by atoms with Crippen LogP contribution in [0.1, 0.15) is 23.4 Å². The zero-order valence-electron chi connectivity index (χ0n) is 13.7. The second kappa shape index (κ2) is 8.62. The number of rotatable bonds is 8. The molecule has 1 heterocycles. The van der Waals surface area contributed by atoms with Gasteiger partial charge >= 0.3 is 0 Å². The lowest BCUT2D eigenvalue weighted by Gasteiger charge is -2.06. The highest BCUT2D eigenvalue weighted by molar-refractivity contribution is 8.00. The van der Waals surface area contributed by atoms with Gasteiger partial charge in [0.15, 0.2) is 0 Å². The minimum absolute atomic E-state index is 0.0385.